The fraction of sp³-hybridized carbons (Fsp3) is 0.312. The smallest absolute Gasteiger partial charge is 0.285 e. The summed E-state index contributed by atoms with van der Waals surface area (Å²) in [7, 11) is 0. The fourth-order valence-corrected chi connectivity index (χ4v) is 2.89. The minimum Gasteiger partial charge on any atom is -0.365 e. The van der Waals surface area contributed by atoms with E-state index in [1.54, 1.807) is 17.0 Å². The van der Waals surface area contributed by atoms with Crippen molar-refractivity contribution in [3.8, 4) is 0 Å². The molecule has 1 aliphatic heterocycles. The van der Waals surface area contributed by atoms with E-state index in [0.29, 0.717) is 31.9 Å². The first kappa shape index (κ1) is 16.4. The first-order valence-corrected chi connectivity index (χ1v) is 7.93. The Morgan fingerprint density at radius 3 is 2.54 bits per heavy atom. The van der Waals surface area contributed by atoms with Gasteiger partial charge in [-0.15, -0.1) is 0 Å². The van der Waals surface area contributed by atoms with Crippen LogP contribution in [0, 0.1) is 5.82 Å². The number of carbonyl (C=O) groups is 1. The number of halogens is 2. The highest BCUT2D eigenvalue weighted by molar-refractivity contribution is 6.33. The van der Waals surface area contributed by atoms with Crippen molar-refractivity contribution in [2.24, 2.45) is 0 Å². The summed E-state index contributed by atoms with van der Waals surface area (Å²) in [5.74, 6) is -0.320. The van der Waals surface area contributed by atoms with E-state index in [0.717, 1.165) is 5.56 Å². The van der Waals surface area contributed by atoms with Crippen LogP contribution in [0.5, 0.6) is 0 Å². The van der Waals surface area contributed by atoms with Gasteiger partial charge in [-0.05, 0) is 17.7 Å². The van der Waals surface area contributed by atoms with Crippen LogP contribution in [0.4, 0.5) is 10.1 Å². The zero-order valence-electron chi connectivity index (χ0n) is 12.8. The van der Waals surface area contributed by atoms with Gasteiger partial charge in [-0.25, -0.2) is 9.49 Å². The maximum absolute atomic E-state index is 12.9. The van der Waals surface area contributed by atoms with Crippen molar-refractivity contribution in [2.75, 3.05) is 31.1 Å². The third-order valence-corrected chi connectivity index (χ3v) is 4.38. The molecule has 6 nitrogen and oxygen atoms in total. The van der Waals surface area contributed by atoms with E-state index in [9.17, 15) is 14.0 Å². The van der Waals surface area contributed by atoms with Gasteiger partial charge in [0.15, 0.2) is 0 Å². The monoisotopic (exact) mass is 350 g/mol. The predicted molar refractivity (Wildman–Crippen MR) is 88.8 cm³/mol. The van der Waals surface area contributed by atoms with Crippen molar-refractivity contribution in [1.82, 2.24) is 15.1 Å². The summed E-state index contributed by atoms with van der Waals surface area (Å²) in [5.41, 5.74) is 0.931. The zero-order chi connectivity index (χ0) is 17.1. The van der Waals surface area contributed by atoms with Gasteiger partial charge in [0.25, 0.3) is 5.56 Å². The highest BCUT2D eigenvalue weighted by Crippen LogP contribution is 2.21. The summed E-state index contributed by atoms with van der Waals surface area (Å²) in [4.78, 5) is 27.5. The third-order valence-electron chi connectivity index (χ3n) is 4.02. The first-order chi connectivity index (χ1) is 11.5. The molecule has 0 radical (unpaired) electrons. The van der Waals surface area contributed by atoms with E-state index in [1.807, 2.05) is 4.90 Å². The normalized spacial score (nSPS) is 14.8. The summed E-state index contributed by atoms with van der Waals surface area (Å²) in [6, 6.07) is 5.93. The summed E-state index contributed by atoms with van der Waals surface area (Å²) in [5, 5.41) is 6.15. The highest BCUT2D eigenvalue weighted by atomic mass is 35.5. The Morgan fingerprint density at radius 2 is 1.88 bits per heavy atom. The van der Waals surface area contributed by atoms with Gasteiger partial charge in [0.05, 0.1) is 18.3 Å². The lowest BCUT2D eigenvalue weighted by molar-refractivity contribution is -0.130. The summed E-state index contributed by atoms with van der Waals surface area (Å²) >= 11 is 6.01. The van der Waals surface area contributed by atoms with Crippen LogP contribution in [0.2, 0.25) is 5.02 Å². The molecule has 0 bridgehead atoms. The van der Waals surface area contributed by atoms with Gasteiger partial charge in [-0.1, -0.05) is 23.7 Å². The number of nitrogens with zero attached hydrogens (tertiary/aromatic N) is 3. The van der Waals surface area contributed by atoms with Crippen LogP contribution >= 0.6 is 11.6 Å². The molecule has 8 heteroatoms. The lowest BCUT2D eigenvalue weighted by atomic mass is 10.1. The zero-order valence-corrected chi connectivity index (χ0v) is 13.6. The largest absolute Gasteiger partial charge is 0.365 e. The molecule has 1 aromatic heterocycles. The van der Waals surface area contributed by atoms with Gasteiger partial charge >= 0.3 is 0 Å². The Morgan fingerprint density at radius 1 is 1.21 bits per heavy atom. The van der Waals surface area contributed by atoms with Crippen LogP contribution in [0.15, 0.2) is 35.3 Å². The molecule has 1 saturated heterocycles. The molecule has 2 heterocycles. The van der Waals surface area contributed by atoms with Crippen LogP contribution in [0.1, 0.15) is 5.56 Å². The number of aromatic nitrogens is 2. The number of rotatable bonds is 3. The molecule has 0 atom stereocenters. The number of hydrogen-bond acceptors (Lipinski definition) is 4. The third kappa shape index (κ3) is 3.56. The maximum Gasteiger partial charge on any atom is 0.285 e. The molecule has 1 aliphatic rings. The number of nitrogens with one attached hydrogen (secondary N) is 1. The maximum atomic E-state index is 12.9. The van der Waals surface area contributed by atoms with Crippen molar-refractivity contribution in [3.63, 3.8) is 0 Å². The van der Waals surface area contributed by atoms with Gasteiger partial charge in [-0.2, -0.15) is 5.10 Å². The lowest BCUT2D eigenvalue weighted by Gasteiger charge is -2.36. The van der Waals surface area contributed by atoms with E-state index in [1.165, 1.54) is 18.3 Å². The number of piperazine rings is 1. The standard InChI is InChI=1S/C16H16ClFN4O2/c17-15-13(10-19-20-16(15)24)21-5-7-22(8-6-21)14(23)9-11-1-3-12(18)4-2-11/h1-4,10H,5-9H2,(H,20,24). The molecule has 0 aliphatic carbocycles. The van der Waals surface area contributed by atoms with Crippen molar-refractivity contribution < 1.29 is 9.18 Å². The lowest BCUT2D eigenvalue weighted by Crippen LogP contribution is -2.49. The van der Waals surface area contributed by atoms with Crippen LogP contribution in [-0.4, -0.2) is 47.2 Å². The van der Waals surface area contributed by atoms with E-state index < -0.39 is 5.56 Å². The molecule has 1 fully saturated rings. The van der Waals surface area contributed by atoms with Crippen LogP contribution in [0.25, 0.3) is 0 Å². The molecule has 0 spiro atoms. The second-order valence-corrected chi connectivity index (χ2v) is 5.95. The molecule has 1 aromatic carbocycles. The van der Waals surface area contributed by atoms with Crippen LogP contribution < -0.4 is 10.5 Å². The van der Waals surface area contributed by atoms with Gasteiger partial charge in [0.2, 0.25) is 5.91 Å². The molecule has 1 N–H and O–H groups in total. The minimum absolute atomic E-state index is 0.00334. The average Bonchev–Trinajstić information content (AvgIpc) is 2.59. The molecule has 0 saturated carbocycles. The molecule has 2 aromatic rings. The molecule has 24 heavy (non-hydrogen) atoms. The van der Waals surface area contributed by atoms with E-state index in [-0.39, 0.29) is 23.2 Å². The first-order valence-electron chi connectivity index (χ1n) is 7.55. The number of H-pyrrole nitrogens is 1. The van der Waals surface area contributed by atoms with Crippen molar-refractivity contribution in [1.29, 1.82) is 0 Å². The number of benzene rings is 1. The second-order valence-electron chi connectivity index (χ2n) is 5.57. The Labute approximate surface area is 142 Å². The summed E-state index contributed by atoms with van der Waals surface area (Å²) < 4.78 is 12.9. The molecular weight excluding hydrogens is 335 g/mol. The van der Waals surface area contributed by atoms with Crippen LogP contribution in [0.3, 0.4) is 0 Å². The highest BCUT2D eigenvalue weighted by Gasteiger charge is 2.23. The Balaban J connectivity index is 1.60. The minimum atomic E-state index is -0.427. The Kier molecular flexibility index (Phi) is 4.80. The second kappa shape index (κ2) is 7.00. The Bertz CT molecular complexity index is 785. The van der Waals surface area contributed by atoms with Gasteiger partial charge in [0, 0.05) is 26.2 Å². The average molecular weight is 351 g/mol. The van der Waals surface area contributed by atoms with Crippen LogP contribution in [-0.2, 0) is 11.2 Å². The number of hydrogen-bond donors (Lipinski definition) is 1. The van der Waals surface area contributed by atoms with Gasteiger partial charge in [0.1, 0.15) is 10.8 Å². The topological polar surface area (TPSA) is 69.3 Å². The molecule has 3 rings (SSSR count). The van der Waals surface area contributed by atoms with E-state index in [2.05, 4.69) is 10.2 Å². The summed E-state index contributed by atoms with van der Waals surface area (Å²) in [6.07, 6.45) is 1.76. The summed E-state index contributed by atoms with van der Waals surface area (Å²) in [6.45, 7) is 2.20. The molecule has 1 amide bonds. The fourth-order valence-electron chi connectivity index (χ4n) is 2.68. The van der Waals surface area contributed by atoms with Gasteiger partial charge in [-0.3, -0.25) is 9.59 Å². The van der Waals surface area contributed by atoms with E-state index in [4.69, 9.17) is 11.6 Å². The van der Waals surface area contributed by atoms with E-state index >= 15 is 0 Å². The Hall–Kier alpha value is -2.41. The quantitative estimate of drug-likeness (QED) is 0.909. The van der Waals surface area contributed by atoms with Crippen molar-refractivity contribution in [2.45, 2.75) is 6.42 Å². The predicted octanol–water partition coefficient (Wildman–Crippen LogP) is 1.45. The van der Waals surface area contributed by atoms with Crippen molar-refractivity contribution in [3.05, 3.63) is 57.2 Å². The molecule has 126 valence electrons. The number of amides is 1. The SMILES string of the molecule is O=C(Cc1ccc(F)cc1)N1CCN(c2cn[nH]c(=O)c2Cl)CC1. The molecular formula is C16H16ClFN4O2. The number of aromatic amines is 1. The van der Waals surface area contributed by atoms with Crippen molar-refractivity contribution >= 4 is 23.2 Å². The van der Waals surface area contributed by atoms with Gasteiger partial charge < -0.3 is 9.80 Å². The number of anilines is 1. The molecule has 0 unspecified atom stereocenters. The number of carbonyl (C=O) groups excluding carboxylic acids is 1.